The highest BCUT2D eigenvalue weighted by Gasteiger charge is 2.14. The molecule has 1 aromatic heterocycles. The monoisotopic (exact) mass is 238 g/mol. The number of nitrogens with zero attached hydrogens (tertiary/aromatic N) is 2. The molecule has 0 atom stereocenters. The molecule has 0 saturated carbocycles. The molecule has 0 bridgehead atoms. The van der Waals surface area contributed by atoms with Gasteiger partial charge in [0, 0.05) is 12.4 Å². The van der Waals surface area contributed by atoms with Gasteiger partial charge in [-0.3, -0.25) is 0 Å². The Morgan fingerprint density at radius 2 is 1.83 bits per heavy atom. The van der Waals surface area contributed by atoms with Crippen molar-refractivity contribution in [2.45, 2.75) is 26.2 Å². The lowest BCUT2D eigenvalue weighted by Crippen LogP contribution is -2.10. The van der Waals surface area contributed by atoms with Crippen LogP contribution in [0.25, 0.3) is 21.8 Å². The fourth-order valence-electron chi connectivity index (χ4n) is 2.45. The van der Waals surface area contributed by atoms with Crippen molar-refractivity contribution in [2.75, 3.05) is 0 Å². The lowest BCUT2D eigenvalue weighted by atomic mass is 9.86. The van der Waals surface area contributed by atoms with Crippen LogP contribution in [0.3, 0.4) is 0 Å². The smallest absolute Gasteiger partial charge is 0.0955 e. The van der Waals surface area contributed by atoms with E-state index >= 15 is 0 Å². The zero-order valence-corrected chi connectivity index (χ0v) is 11.4. The van der Waals surface area contributed by atoms with Crippen LogP contribution in [0.2, 0.25) is 0 Å². The summed E-state index contributed by atoms with van der Waals surface area (Å²) in [4.78, 5) is 4.40. The largest absolute Gasteiger partial charge is 0.333 e. The average molecular weight is 238 g/mol. The molecule has 0 aliphatic carbocycles. The predicted molar refractivity (Wildman–Crippen MR) is 76.9 cm³/mol. The van der Waals surface area contributed by atoms with Gasteiger partial charge in [0.15, 0.2) is 0 Å². The molecule has 3 aromatic rings. The summed E-state index contributed by atoms with van der Waals surface area (Å²) in [6, 6.07) is 11.0. The summed E-state index contributed by atoms with van der Waals surface area (Å²) < 4.78 is 2.09. The summed E-state index contributed by atoms with van der Waals surface area (Å²) in [7, 11) is 2.05. The van der Waals surface area contributed by atoms with Crippen molar-refractivity contribution in [1.82, 2.24) is 9.55 Å². The van der Waals surface area contributed by atoms with Crippen molar-refractivity contribution >= 4 is 21.8 Å². The van der Waals surface area contributed by atoms with Gasteiger partial charge < -0.3 is 4.57 Å². The number of rotatable bonds is 0. The standard InChI is InChI=1S/C16H18N2/c1-16(2,3)12-6-7-13-11(9-12)5-8-14-15(13)18(4)10-17-14/h5-10H,1-4H3. The number of hydrogen-bond donors (Lipinski definition) is 0. The van der Waals surface area contributed by atoms with E-state index in [0.717, 1.165) is 5.52 Å². The number of aromatic nitrogens is 2. The lowest BCUT2D eigenvalue weighted by molar-refractivity contribution is 0.591. The Labute approximate surface area is 107 Å². The quantitative estimate of drug-likeness (QED) is 0.578. The van der Waals surface area contributed by atoms with Gasteiger partial charge in [-0.05, 0) is 22.4 Å². The average Bonchev–Trinajstić information content (AvgIpc) is 2.69. The maximum absolute atomic E-state index is 4.40. The maximum atomic E-state index is 4.40. The number of imidazole rings is 1. The summed E-state index contributed by atoms with van der Waals surface area (Å²) in [5.74, 6) is 0. The van der Waals surface area contributed by atoms with Crippen LogP contribution in [0.4, 0.5) is 0 Å². The Kier molecular flexibility index (Phi) is 2.24. The third kappa shape index (κ3) is 1.60. The zero-order valence-electron chi connectivity index (χ0n) is 11.4. The zero-order chi connectivity index (χ0) is 12.9. The number of benzene rings is 2. The van der Waals surface area contributed by atoms with E-state index in [4.69, 9.17) is 0 Å². The third-order valence-corrected chi connectivity index (χ3v) is 3.56. The Hall–Kier alpha value is -1.83. The number of aryl methyl sites for hydroxylation is 1. The Morgan fingerprint density at radius 3 is 2.56 bits per heavy atom. The first-order chi connectivity index (χ1) is 8.47. The normalized spacial score (nSPS) is 12.4. The van der Waals surface area contributed by atoms with E-state index in [1.54, 1.807) is 0 Å². The molecule has 0 radical (unpaired) electrons. The Balaban J connectivity index is 2.37. The van der Waals surface area contributed by atoms with Crippen molar-refractivity contribution in [2.24, 2.45) is 7.05 Å². The van der Waals surface area contributed by atoms with Crippen molar-refractivity contribution < 1.29 is 0 Å². The van der Waals surface area contributed by atoms with E-state index in [9.17, 15) is 0 Å². The van der Waals surface area contributed by atoms with Gasteiger partial charge in [-0.2, -0.15) is 0 Å². The molecule has 0 spiro atoms. The molecule has 2 nitrogen and oxygen atoms in total. The summed E-state index contributed by atoms with van der Waals surface area (Å²) in [5, 5.41) is 2.57. The molecule has 0 fully saturated rings. The summed E-state index contributed by atoms with van der Waals surface area (Å²) >= 11 is 0. The summed E-state index contributed by atoms with van der Waals surface area (Å²) in [6.45, 7) is 6.74. The van der Waals surface area contributed by atoms with Crippen LogP contribution in [0, 0.1) is 0 Å². The van der Waals surface area contributed by atoms with Gasteiger partial charge in [0.25, 0.3) is 0 Å². The van der Waals surface area contributed by atoms with Crippen molar-refractivity contribution in [3.05, 3.63) is 42.2 Å². The first-order valence-corrected chi connectivity index (χ1v) is 6.31. The van der Waals surface area contributed by atoms with Gasteiger partial charge in [0.1, 0.15) is 0 Å². The van der Waals surface area contributed by atoms with Crippen LogP contribution in [0.15, 0.2) is 36.7 Å². The second-order valence-corrected chi connectivity index (χ2v) is 5.97. The fourth-order valence-corrected chi connectivity index (χ4v) is 2.45. The molecule has 0 unspecified atom stereocenters. The van der Waals surface area contributed by atoms with Crippen molar-refractivity contribution in [3.8, 4) is 0 Å². The molecule has 0 aliphatic heterocycles. The molecular formula is C16H18N2. The van der Waals surface area contributed by atoms with Crippen LogP contribution >= 0.6 is 0 Å². The molecule has 0 N–H and O–H groups in total. The molecule has 3 rings (SSSR count). The predicted octanol–water partition coefficient (Wildman–Crippen LogP) is 4.02. The van der Waals surface area contributed by atoms with E-state index in [1.165, 1.54) is 21.9 Å². The molecule has 0 amide bonds. The third-order valence-electron chi connectivity index (χ3n) is 3.56. The highest BCUT2D eigenvalue weighted by Crippen LogP contribution is 2.29. The summed E-state index contributed by atoms with van der Waals surface area (Å²) in [5.41, 5.74) is 3.84. The van der Waals surface area contributed by atoms with Gasteiger partial charge in [-0.1, -0.05) is 45.0 Å². The van der Waals surface area contributed by atoms with E-state index in [-0.39, 0.29) is 5.41 Å². The van der Waals surface area contributed by atoms with Gasteiger partial charge in [0.05, 0.1) is 17.4 Å². The Morgan fingerprint density at radius 1 is 1.06 bits per heavy atom. The first-order valence-electron chi connectivity index (χ1n) is 6.31. The van der Waals surface area contributed by atoms with Gasteiger partial charge in [0.2, 0.25) is 0 Å². The highest BCUT2D eigenvalue weighted by molar-refractivity contribution is 6.04. The van der Waals surface area contributed by atoms with E-state index in [2.05, 4.69) is 60.7 Å². The SMILES string of the molecule is Cn1cnc2ccc3cc(C(C)(C)C)ccc3c21. The van der Waals surface area contributed by atoms with E-state index in [0.29, 0.717) is 0 Å². The molecule has 0 saturated heterocycles. The minimum Gasteiger partial charge on any atom is -0.333 e. The minimum atomic E-state index is 0.190. The maximum Gasteiger partial charge on any atom is 0.0955 e. The lowest BCUT2D eigenvalue weighted by Gasteiger charge is -2.19. The van der Waals surface area contributed by atoms with E-state index in [1.807, 2.05) is 13.4 Å². The molecule has 1 heterocycles. The Bertz CT molecular complexity index is 730. The molecular weight excluding hydrogens is 220 g/mol. The first kappa shape index (κ1) is 11.3. The van der Waals surface area contributed by atoms with Crippen LogP contribution in [0.1, 0.15) is 26.3 Å². The summed E-state index contributed by atoms with van der Waals surface area (Å²) in [6.07, 6.45) is 1.88. The van der Waals surface area contributed by atoms with Gasteiger partial charge in [-0.25, -0.2) is 4.98 Å². The molecule has 2 aromatic carbocycles. The van der Waals surface area contributed by atoms with Crippen molar-refractivity contribution in [1.29, 1.82) is 0 Å². The van der Waals surface area contributed by atoms with Crippen LogP contribution in [-0.2, 0) is 12.5 Å². The highest BCUT2D eigenvalue weighted by atomic mass is 15.0. The molecule has 2 heteroatoms. The molecule has 0 aliphatic rings. The topological polar surface area (TPSA) is 17.8 Å². The van der Waals surface area contributed by atoms with Crippen LogP contribution in [0.5, 0.6) is 0 Å². The second kappa shape index (κ2) is 3.58. The van der Waals surface area contributed by atoms with E-state index < -0.39 is 0 Å². The fraction of sp³-hybridized carbons (Fsp3) is 0.312. The minimum absolute atomic E-state index is 0.190. The van der Waals surface area contributed by atoms with Crippen LogP contribution < -0.4 is 0 Å². The molecule has 18 heavy (non-hydrogen) atoms. The van der Waals surface area contributed by atoms with Gasteiger partial charge >= 0.3 is 0 Å². The molecule has 92 valence electrons. The van der Waals surface area contributed by atoms with Crippen molar-refractivity contribution in [3.63, 3.8) is 0 Å². The van der Waals surface area contributed by atoms with Gasteiger partial charge in [-0.15, -0.1) is 0 Å². The number of fused-ring (bicyclic) bond motifs is 3. The van der Waals surface area contributed by atoms with Crippen LogP contribution in [-0.4, -0.2) is 9.55 Å². The second-order valence-electron chi connectivity index (χ2n) is 5.97. The number of hydrogen-bond acceptors (Lipinski definition) is 1.